The minimum absolute atomic E-state index is 0.0639. The molecule has 1 aliphatic rings. The molecule has 3 heteroatoms. The van der Waals surface area contributed by atoms with Crippen LogP contribution in [0.2, 0.25) is 0 Å². The molecular weight excluding hydrogens is 266 g/mol. The fourth-order valence-corrected chi connectivity index (χ4v) is 3.63. The van der Waals surface area contributed by atoms with Crippen LogP contribution in [-0.4, -0.2) is 12.5 Å². The smallest absolute Gasteiger partial charge is 0.252 e. The van der Waals surface area contributed by atoms with Crippen molar-refractivity contribution in [1.29, 1.82) is 0 Å². The molecule has 0 saturated heterocycles. The van der Waals surface area contributed by atoms with Crippen molar-refractivity contribution in [3.8, 4) is 0 Å². The number of thiophene rings is 1. The van der Waals surface area contributed by atoms with E-state index in [1.54, 1.807) is 11.3 Å². The molecule has 1 saturated carbocycles. The lowest BCUT2D eigenvalue weighted by Gasteiger charge is -2.16. The molecular formula is C17H19NOS. The summed E-state index contributed by atoms with van der Waals surface area (Å²) in [5, 5.41) is 3.12. The molecule has 1 aromatic heterocycles. The summed E-state index contributed by atoms with van der Waals surface area (Å²) in [6.07, 6.45) is 2.33. The van der Waals surface area contributed by atoms with E-state index in [1.807, 2.05) is 26.0 Å². The second-order valence-electron chi connectivity index (χ2n) is 5.66. The normalized spacial score (nSPS) is 15.9. The fourth-order valence-electron chi connectivity index (χ4n) is 2.71. The Morgan fingerprint density at radius 3 is 2.50 bits per heavy atom. The third-order valence-corrected chi connectivity index (χ3v) is 5.08. The van der Waals surface area contributed by atoms with Crippen LogP contribution in [0.15, 0.2) is 36.4 Å². The van der Waals surface area contributed by atoms with Gasteiger partial charge in [0.1, 0.15) is 0 Å². The third-order valence-electron chi connectivity index (χ3n) is 4.11. The predicted molar refractivity (Wildman–Crippen MR) is 83.5 cm³/mol. The highest BCUT2D eigenvalue weighted by Crippen LogP contribution is 2.47. The number of amides is 1. The van der Waals surface area contributed by atoms with E-state index in [0.717, 1.165) is 17.0 Å². The Balaban J connectivity index is 1.68. The first-order valence-electron chi connectivity index (χ1n) is 7.01. The molecule has 0 unspecified atom stereocenters. The Kier molecular flexibility index (Phi) is 3.38. The zero-order valence-electron chi connectivity index (χ0n) is 11.9. The number of rotatable bonds is 4. The summed E-state index contributed by atoms with van der Waals surface area (Å²) < 4.78 is 0. The maximum absolute atomic E-state index is 12.3. The van der Waals surface area contributed by atoms with Crippen LogP contribution in [-0.2, 0) is 5.41 Å². The largest absolute Gasteiger partial charge is 0.351 e. The molecule has 2 aromatic rings. The SMILES string of the molecule is Cc1cc(C(=O)NCC2(c3ccccc3)CC2)c(C)s1. The molecule has 104 valence electrons. The first-order chi connectivity index (χ1) is 9.61. The van der Waals surface area contributed by atoms with E-state index in [-0.39, 0.29) is 11.3 Å². The van der Waals surface area contributed by atoms with E-state index < -0.39 is 0 Å². The standard InChI is InChI=1S/C17H19NOS/c1-12-10-15(13(2)20-12)16(19)18-11-17(8-9-17)14-6-4-3-5-7-14/h3-7,10H,8-9,11H2,1-2H3,(H,18,19). The second kappa shape index (κ2) is 5.06. The second-order valence-corrected chi connectivity index (χ2v) is 7.12. The lowest BCUT2D eigenvalue weighted by atomic mass is 9.96. The van der Waals surface area contributed by atoms with Crippen molar-refractivity contribution in [2.24, 2.45) is 0 Å². The van der Waals surface area contributed by atoms with E-state index in [1.165, 1.54) is 23.3 Å². The van der Waals surface area contributed by atoms with Gasteiger partial charge in [0.2, 0.25) is 0 Å². The van der Waals surface area contributed by atoms with Crippen LogP contribution in [0, 0.1) is 13.8 Å². The lowest BCUT2D eigenvalue weighted by Crippen LogP contribution is -2.32. The molecule has 0 spiro atoms. The zero-order chi connectivity index (χ0) is 14.2. The maximum Gasteiger partial charge on any atom is 0.252 e. The molecule has 0 radical (unpaired) electrons. The van der Waals surface area contributed by atoms with Crippen LogP contribution in [0.1, 0.15) is 38.5 Å². The molecule has 1 N–H and O–H groups in total. The molecule has 1 heterocycles. The molecule has 1 aromatic carbocycles. The van der Waals surface area contributed by atoms with Crippen molar-refractivity contribution >= 4 is 17.2 Å². The number of benzene rings is 1. The van der Waals surface area contributed by atoms with Gasteiger partial charge in [-0.1, -0.05) is 30.3 Å². The number of aryl methyl sites for hydroxylation is 2. The van der Waals surface area contributed by atoms with Gasteiger partial charge in [0.05, 0.1) is 5.56 Å². The van der Waals surface area contributed by atoms with E-state index >= 15 is 0 Å². The third kappa shape index (κ3) is 2.50. The van der Waals surface area contributed by atoms with E-state index in [4.69, 9.17) is 0 Å². The van der Waals surface area contributed by atoms with Gasteiger partial charge < -0.3 is 5.32 Å². The Labute approximate surface area is 123 Å². The lowest BCUT2D eigenvalue weighted by molar-refractivity contribution is 0.0949. The van der Waals surface area contributed by atoms with Crippen LogP contribution in [0.3, 0.4) is 0 Å². The van der Waals surface area contributed by atoms with Crippen molar-refractivity contribution in [2.75, 3.05) is 6.54 Å². The van der Waals surface area contributed by atoms with Crippen molar-refractivity contribution in [2.45, 2.75) is 32.1 Å². The fraction of sp³-hybridized carbons (Fsp3) is 0.353. The molecule has 1 fully saturated rings. The number of hydrogen-bond donors (Lipinski definition) is 1. The van der Waals surface area contributed by atoms with Crippen LogP contribution in [0.4, 0.5) is 0 Å². The molecule has 0 atom stereocenters. The number of nitrogens with one attached hydrogen (secondary N) is 1. The van der Waals surface area contributed by atoms with E-state index in [2.05, 4.69) is 29.6 Å². The van der Waals surface area contributed by atoms with Gasteiger partial charge in [-0.3, -0.25) is 4.79 Å². The van der Waals surface area contributed by atoms with Crippen molar-refractivity contribution in [3.05, 3.63) is 57.3 Å². The Morgan fingerprint density at radius 2 is 1.95 bits per heavy atom. The topological polar surface area (TPSA) is 29.1 Å². The van der Waals surface area contributed by atoms with Crippen molar-refractivity contribution < 1.29 is 4.79 Å². The molecule has 1 aliphatic carbocycles. The molecule has 20 heavy (non-hydrogen) atoms. The summed E-state index contributed by atoms with van der Waals surface area (Å²) in [6.45, 7) is 4.79. The number of carbonyl (C=O) groups is 1. The summed E-state index contributed by atoms with van der Waals surface area (Å²) in [5.41, 5.74) is 2.35. The number of hydrogen-bond acceptors (Lipinski definition) is 2. The van der Waals surface area contributed by atoms with Gasteiger partial charge >= 0.3 is 0 Å². The molecule has 0 aliphatic heterocycles. The summed E-state index contributed by atoms with van der Waals surface area (Å²) >= 11 is 1.68. The minimum Gasteiger partial charge on any atom is -0.351 e. The Morgan fingerprint density at radius 1 is 1.25 bits per heavy atom. The highest BCUT2D eigenvalue weighted by Gasteiger charge is 2.44. The van der Waals surface area contributed by atoms with Gasteiger partial charge in [0, 0.05) is 21.7 Å². The van der Waals surface area contributed by atoms with Gasteiger partial charge in [-0.05, 0) is 38.3 Å². The predicted octanol–water partition coefficient (Wildman–Crippen LogP) is 3.83. The monoisotopic (exact) mass is 285 g/mol. The van der Waals surface area contributed by atoms with Crippen molar-refractivity contribution in [3.63, 3.8) is 0 Å². The summed E-state index contributed by atoms with van der Waals surface area (Å²) in [6, 6.07) is 12.5. The van der Waals surface area contributed by atoms with Gasteiger partial charge in [-0.25, -0.2) is 0 Å². The van der Waals surface area contributed by atoms with Gasteiger partial charge in [-0.15, -0.1) is 11.3 Å². The van der Waals surface area contributed by atoms with E-state index in [9.17, 15) is 4.79 Å². The van der Waals surface area contributed by atoms with E-state index in [0.29, 0.717) is 0 Å². The molecule has 3 rings (SSSR count). The van der Waals surface area contributed by atoms with Crippen LogP contribution >= 0.6 is 11.3 Å². The van der Waals surface area contributed by atoms with Crippen LogP contribution < -0.4 is 5.32 Å². The molecule has 0 bridgehead atoms. The Bertz CT molecular complexity index is 626. The number of carbonyl (C=O) groups excluding carboxylic acids is 1. The summed E-state index contributed by atoms with van der Waals surface area (Å²) in [5.74, 6) is 0.0639. The van der Waals surface area contributed by atoms with Crippen LogP contribution in [0.25, 0.3) is 0 Å². The highest BCUT2D eigenvalue weighted by atomic mass is 32.1. The first-order valence-corrected chi connectivity index (χ1v) is 7.83. The average molecular weight is 285 g/mol. The molecule has 2 nitrogen and oxygen atoms in total. The maximum atomic E-state index is 12.3. The van der Waals surface area contributed by atoms with Crippen molar-refractivity contribution in [1.82, 2.24) is 5.32 Å². The Hall–Kier alpha value is -1.61. The zero-order valence-corrected chi connectivity index (χ0v) is 12.7. The highest BCUT2D eigenvalue weighted by molar-refractivity contribution is 7.12. The van der Waals surface area contributed by atoms with Crippen LogP contribution in [0.5, 0.6) is 0 Å². The average Bonchev–Trinajstić information content (AvgIpc) is 3.17. The minimum atomic E-state index is 0.0639. The summed E-state index contributed by atoms with van der Waals surface area (Å²) in [7, 11) is 0. The van der Waals surface area contributed by atoms with Gasteiger partial charge in [0.25, 0.3) is 5.91 Å². The summed E-state index contributed by atoms with van der Waals surface area (Å²) in [4.78, 5) is 14.6. The van der Waals surface area contributed by atoms with Gasteiger partial charge in [0.15, 0.2) is 0 Å². The van der Waals surface area contributed by atoms with Gasteiger partial charge in [-0.2, -0.15) is 0 Å². The molecule has 1 amide bonds. The first kappa shape index (κ1) is 13.4. The quantitative estimate of drug-likeness (QED) is 0.909.